The van der Waals surface area contributed by atoms with Gasteiger partial charge in [0.2, 0.25) is 0 Å². The minimum absolute atomic E-state index is 0.0157. The van der Waals surface area contributed by atoms with Crippen LogP contribution < -0.4 is 10.3 Å². The Bertz CT molecular complexity index is 619. The highest BCUT2D eigenvalue weighted by molar-refractivity contribution is 9.10. The Balaban J connectivity index is 2.35. The summed E-state index contributed by atoms with van der Waals surface area (Å²) in [7, 11) is 1.63. The summed E-state index contributed by atoms with van der Waals surface area (Å²) in [4.78, 5) is 11.8. The van der Waals surface area contributed by atoms with Crippen molar-refractivity contribution in [2.75, 3.05) is 7.11 Å². The number of nitrogens with zero attached hydrogens (tertiary/aromatic N) is 1. The molecule has 0 spiro atoms. The molecule has 3 nitrogen and oxygen atoms in total. The molecule has 0 fully saturated rings. The molecule has 0 aliphatic carbocycles. The van der Waals surface area contributed by atoms with E-state index in [1.807, 2.05) is 31.2 Å². The third-order valence-corrected chi connectivity index (χ3v) is 3.44. The van der Waals surface area contributed by atoms with Crippen LogP contribution in [-0.2, 0) is 6.54 Å². The Kier molecular flexibility index (Phi) is 3.87. The smallest absolute Gasteiger partial charge is 0.251 e. The molecule has 2 aromatic rings. The molecule has 18 heavy (non-hydrogen) atoms. The van der Waals surface area contributed by atoms with Crippen molar-refractivity contribution in [1.29, 1.82) is 0 Å². The van der Waals surface area contributed by atoms with Gasteiger partial charge < -0.3 is 9.30 Å². The van der Waals surface area contributed by atoms with E-state index in [0.717, 1.165) is 21.5 Å². The maximum absolute atomic E-state index is 11.8. The standard InChI is InChI=1S/C14H14BrNO2/c1-10-4-3-5-14(17)16(10)9-11-6-7-13(18-2)12(15)8-11/h3-8H,9H2,1-2H3. The van der Waals surface area contributed by atoms with Crippen LogP contribution in [0.25, 0.3) is 0 Å². The fourth-order valence-electron chi connectivity index (χ4n) is 1.82. The highest BCUT2D eigenvalue weighted by Crippen LogP contribution is 2.25. The normalized spacial score (nSPS) is 10.4. The zero-order valence-electron chi connectivity index (χ0n) is 10.3. The fraction of sp³-hybridized carbons (Fsp3) is 0.214. The van der Waals surface area contributed by atoms with Gasteiger partial charge in [-0.3, -0.25) is 4.79 Å². The minimum atomic E-state index is 0.0157. The van der Waals surface area contributed by atoms with Gasteiger partial charge in [0.15, 0.2) is 0 Å². The lowest BCUT2D eigenvalue weighted by Gasteiger charge is -2.11. The molecule has 0 aliphatic rings. The van der Waals surface area contributed by atoms with Gasteiger partial charge in [0.1, 0.15) is 5.75 Å². The fourth-order valence-corrected chi connectivity index (χ4v) is 2.40. The Morgan fingerprint density at radius 2 is 2.06 bits per heavy atom. The van der Waals surface area contributed by atoms with Gasteiger partial charge in [0.05, 0.1) is 18.1 Å². The number of aryl methyl sites for hydroxylation is 1. The van der Waals surface area contributed by atoms with Crippen LogP contribution in [0.1, 0.15) is 11.3 Å². The van der Waals surface area contributed by atoms with Crippen molar-refractivity contribution < 1.29 is 4.74 Å². The molecule has 94 valence electrons. The van der Waals surface area contributed by atoms with Gasteiger partial charge in [-0.25, -0.2) is 0 Å². The SMILES string of the molecule is COc1ccc(Cn2c(C)cccc2=O)cc1Br. The molecule has 4 heteroatoms. The number of ether oxygens (including phenoxy) is 1. The highest BCUT2D eigenvalue weighted by Gasteiger charge is 2.04. The van der Waals surface area contributed by atoms with Crippen molar-refractivity contribution >= 4 is 15.9 Å². The molecule has 0 unspecified atom stereocenters. The maximum Gasteiger partial charge on any atom is 0.251 e. The number of benzene rings is 1. The number of hydrogen-bond acceptors (Lipinski definition) is 2. The van der Waals surface area contributed by atoms with Crippen molar-refractivity contribution in [2.24, 2.45) is 0 Å². The van der Waals surface area contributed by atoms with E-state index in [-0.39, 0.29) is 5.56 Å². The largest absolute Gasteiger partial charge is 0.496 e. The van der Waals surface area contributed by atoms with Crippen molar-refractivity contribution in [1.82, 2.24) is 4.57 Å². The lowest BCUT2D eigenvalue weighted by atomic mass is 10.2. The lowest BCUT2D eigenvalue weighted by Crippen LogP contribution is -2.21. The summed E-state index contributed by atoms with van der Waals surface area (Å²) in [5.74, 6) is 0.788. The first kappa shape index (κ1) is 12.9. The van der Waals surface area contributed by atoms with E-state index in [4.69, 9.17) is 4.74 Å². The average molecular weight is 308 g/mol. The summed E-state index contributed by atoms with van der Waals surface area (Å²) in [5, 5.41) is 0. The molecule has 1 aromatic carbocycles. The van der Waals surface area contributed by atoms with E-state index >= 15 is 0 Å². The summed E-state index contributed by atoms with van der Waals surface area (Å²) in [6, 6.07) is 11.1. The predicted molar refractivity (Wildman–Crippen MR) is 75.2 cm³/mol. The lowest BCUT2D eigenvalue weighted by molar-refractivity contribution is 0.412. The molecule has 0 aliphatic heterocycles. The Morgan fingerprint density at radius 3 is 2.67 bits per heavy atom. The third kappa shape index (κ3) is 2.64. The van der Waals surface area contributed by atoms with Crippen molar-refractivity contribution in [3.05, 3.63) is 62.5 Å². The van der Waals surface area contributed by atoms with E-state index in [9.17, 15) is 4.79 Å². The van der Waals surface area contributed by atoms with Gasteiger partial charge in [-0.15, -0.1) is 0 Å². The van der Waals surface area contributed by atoms with E-state index in [0.29, 0.717) is 6.54 Å². The van der Waals surface area contributed by atoms with Crippen LogP contribution in [0.15, 0.2) is 45.7 Å². The second kappa shape index (κ2) is 5.40. The number of methoxy groups -OCH3 is 1. The van der Waals surface area contributed by atoms with Gasteiger partial charge in [-0.05, 0) is 46.6 Å². The number of pyridine rings is 1. The van der Waals surface area contributed by atoms with Gasteiger partial charge in [0.25, 0.3) is 5.56 Å². The predicted octanol–water partition coefficient (Wildman–Crippen LogP) is 2.98. The molecule has 0 saturated carbocycles. The second-order valence-electron chi connectivity index (χ2n) is 4.06. The molecule has 0 bridgehead atoms. The van der Waals surface area contributed by atoms with Crippen LogP contribution in [0.4, 0.5) is 0 Å². The van der Waals surface area contributed by atoms with Gasteiger partial charge in [-0.2, -0.15) is 0 Å². The molecular formula is C14H14BrNO2. The number of hydrogen-bond donors (Lipinski definition) is 0. The first-order chi connectivity index (χ1) is 8.61. The third-order valence-electron chi connectivity index (χ3n) is 2.82. The first-order valence-corrected chi connectivity index (χ1v) is 6.40. The molecule has 0 saturated heterocycles. The summed E-state index contributed by atoms with van der Waals surface area (Å²) < 4.78 is 7.82. The van der Waals surface area contributed by atoms with E-state index < -0.39 is 0 Å². The number of halogens is 1. The summed E-state index contributed by atoms with van der Waals surface area (Å²) >= 11 is 3.45. The van der Waals surface area contributed by atoms with Crippen LogP contribution in [0.2, 0.25) is 0 Å². The second-order valence-corrected chi connectivity index (χ2v) is 4.91. The molecular weight excluding hydrogens is 294 g/mol. The van der Waals surface area contributed by atoms with Gasteiger partial charge in [0, 0.05) is 11.8 Å². The average Bonchev–Trinajstić information content (AvgIpc) is 2.34. The van der Waals surface area contributed by atoms with Crippen LogP contribution in [0, 0.1) is 6.92 Å². The van der Waals surface area contributed by atoms with Crippen LogP contribution in [0.3, 0.4) is 0 Å². The molecule has 2 rings (SSSR count). The zero-order valence-corrected chi connectivity index (χ0v) is 11.9. The van der Waals surface area contributed by atoms with Crippen molar-refractivity contribution in [3.8, 4) is 5.75 Å². The van der Waals surface area contributed by atoms with Gasteiger partial charge in [-0.1, -0.05) is 12.1 Å². The number of aromatic nitrogens is 1. The summed E-state index contributed by atoms with van der Waals surface area (Å²) in [5.41, 5.74) is 2.02. The molecule has 1 heterocycles. The van der Waals surface area contributed by atoms with Crippen LogP contribution in [-0.4, -0.2) is 11.7 Å². The summed E-state index contributed by atoms with van der Waals surface area (Å²) in [6.45, 7) is 2.49. The zero-order chi connectivity index (χ0) is 13.1. The first-order valence-electron chi connectivity index (χ1n) is 5.60. The topological polar surface area (TPSA) is 31.2 Å². The van der Waals surface area contributed by atoms with E-state index in [1.165, 1.54) is 0 Å². The number of rotatable bonds is 3. The summed E-state index contributed by atoms with van der Waals surface area (Å²) in [6.07, 6.45) is 0. The van der Waals surface area contributed by atoms with Crippen LogP contribution in [0.5, 0.6) is 5.75 Å². The maximum atomic E-state index is 11.8. The molecule has 0 amide bonds. The molecule has 1 aromatic heterocycles. The van der Waals surface area contributed by atoms with Crippen molar-refractivity contribution in [3.63, 3.8) is 0 Å². The van der Waals surface area contributed by atoms with Crippen molar-refractivity contribution in [2.45, 2.75) is 13.5 Å². The molecule has 0 atom stereocenters. The van der Waals surface area contributed by atoms with E-state index in [2.05, 4.69) is 15.9 Å². The molecule has 0 radical (unpaired) electrons. The minimum Gasteiger partial charge on any atom is -0.496 e. The Morgan fingerprint density at radius 1 is 1.28 bits per heavy atom. The Labute approximate surface area is 114 Å². The monoisotopic (exact) mass is 307 g/mol. The van der Waals surface area contributed by atoms with Crippen LogP contribution >= 0.6 is 15.9 Å². The Hall–Kier alpha value is -1.55. The van der Waals surface area contributed by atoms with E-state index in [1.54, 1.807) is 23.8 Å². The van der Waals surface area contributed by atoms with Gasteiger partial charge >= 0.3 is 0 Å². The molecule has 0 N–H and O–H groups in total. The quantitative estimate of drug-likeness (QED) is 0.873. The highest BCUT2D eigenvalue weighted by atomic mass is 79.9.